The van der Waals surface area contributed by atoms with Crippen molar-refractivity contribution in [3.05, 3.63) is 23.9 Å². The van der Waals surface area contributed by atoms with Crippen molar-refractivity contribution in [1.82, 2.24) is 9.88 Å². The molecule has 0 radical (unpaired) electrons. The summed E-state index contributed by atoms with van der Waals surface area (Å²) < 4.78 is 0.134. The van der Waals surface area contributed by atoms with E-state index in [9.17, 15) is 4.79 Å². The summed E-state index contributed by atoms with van der Waals surface area (Å²) in [5.41, 5.74) is 6.12. The fourth-order valence-corrected chi connectivity index (χ4v) is 3.02. The monoisotopic (exact) mass is 251 g/mol. The third kappa shape index (κ3) is 2.91. The Morgan fingerprint density at radius 2 is 2.29 bits per heavy atom. The molecule has 1 aromatic rings. The number of carbonyl (C=O) groups is 1. The van der Waals surface area contributed by atoms with E-state index in [0.29, 0.717) is 11.4 Å². The zero-order valence-corrected chi connectivity index (χ0v) is 11.0. The van der Waals surface area contributed by atoms with E-state index in [0.717, 1.165) is 18.8 Å². The average Bonchev–Trinajstić information content (AvgIpc) is 2.28. The summed E-state index contributed by atoms with van der Waals surface area (Å²) in [4.78, 5) is 18.1. The van der Waals surface area contributed by atoms with Gasteiger partial charge in [-0.25, -0.2) is 4.98 Å². The molecule has 17 heavy (non-hydrogen) atoms. The molecule has 4 nitrogen and oxygen atoms in total. The number of nitrogens with two attached hydrogens (primary N) is 1. The molecule has 1 amide bonds. The first-order valence-corrected chi connectivity index (χ1v) is 6.61. The van der Waals surface area contributed by atoms with Crippen LogP contribution in [0.1, 0.15) is 24.2 Å². The molecule has 1 aromatic heterocycles. The van der Waals surface area contributed by atoms with E-state index >= 15 is 0 Å². The molecule has 1 fully saturated rings. The van der Waals surface area contributed by atoms with E-state index in [1.807, 2.05) is 16.7 Å². The fourth-order valence-electron chi connectivity index (χ4n) is 1.90. The average molecular weight is 251 g/mol. The predicted molar refractivity (Wildman–Crippen MR) is 71.1 cm³/mol. The van der Waals surface area contributed by atoms with Crippen molar-refractivity contribution in [2.24, 2.45) is 0 Å². The smallest absolute Gasteiger partial charge is 0.255 e. The Hall–Kier alpha value is -1.23. The van der Waals surface area contributed by atoms with Gasteiger partial charge in [-0.2, -0.15) is 11.8 Å². The SMILES string of the molecule is CC1(C)CN(C(=O)c2ccc(N)nc2)CCS1. The molecule has 0 unspecified atom stereocenters. The van der Waals surface area contributed by atoms with Gasteiger partial charge in [-0.1, -0.05) is 0 Å². The van der Waals surface area contributed by atoms with Crippen molar-refractivity contribution in [3.63, 3.8) is 0 Å². The largest absolute Gasteiger partial charge is 0.384 e. The number of nitrogen functional groups attached to an aromatic ring is 1. The maximum atomic E-state index is 12.2. The highest BCUT2D eigenvalue weighted by molar-refractivity contribution is 8.00. The highest BCUT2D eigenvalue weighted by atomic mass is 32.2. The van der Waals surface area contributed by atoms with Crippen LogP contribution in [0.4, 0.5) is 5.82 Å². The first-order chi connectivity index (χ1) is 7.98. The second kappa shape index (κ2) is 4.56. The van der Waals surface area contributed by atoms with E-state index in [-0.39, 0.29) is 10.7 Å². The third-order valence-electron chi connectivity index (χ3n) is 2.75. The second-order valence-electron chi connectivity index (χ2n) is 4.81. The Morgan fingerprint density at radius 1 is 1.53 bits per heavy atom. The van der Waals surface area contributed by atoms with Crippen molar-refractivity contribution < 1.29 is 4.79 Å². The molecule has 0 aromatic carbocycles. The van der Waals surface area contributed by atoms with Gasteiger partial charge in [0.2, 0.25) is 0 Å². The summed E-state index contributed by atoms with van der Waals surface area (Å²) in [7, 11) is 0. The van der Waals surface area contributed by atoms with Crippen LogP contribution >= 0.6 is 11.8 Å². The summed E-state index contributed by atoms with van der Waals surface area (Å²) in [5.74, 6) is 1.48. The van der Waals surface area contributed by atoms with Crippen LogP contribution < -0.4 is 5.73 Å². The molecule has 2 rings (SSSR count). The first-order valence-electron chi connectivity index (χ1n) is 5.63. The van der Waals surface area contributed by atoms with Crippen LogP contribution in [0, 0.1) is 0 Å². The van der Waals surface area contributed by atoms with Gasteiger partial charge in [-0.3, -0.25) is 4.79 Å². The van der Waals surface area contributed by atoms with Crippen molar-refractivity contribution in [2.45, 2.75) is 18.6 Å². The predicted octanol–water partition coefficient (Wildman–Crippen LogP) is 1.63. The Bertz CT molecular complexity index is 416. The molecule has 5 heteroatoms. The molecular weight excluding hydrogens is 234 g/mol. The molecule has 0 atom stereocenters. The molecule has 0 bridgehead atoms. The van der Waals surface area contributed by atoms with Crippen LogP contribution in [0.2, 0.25) is 0 Å². The molecule has 2 N–H and O–H groups in total. The standard InChI is InChI=1S/C12H17N3OS/c1-12(2)8-15(5-6-17-12)11(16)9-3-4-10(13)14-7-9/h3-4,7H,5-6,8H2,1-2H3,(H2,13,14). The highest BCUT2D eigenvalue weighted by Gasteiger charge is 2.30. The van der Waals surface area contributed by atoms with E-state index in [2.05, 4.69) is 18.8 Å². The summed E-state index contributed by atoms with van der Waals surface area (Å²) in [6.07, 6.45) is 1.55. The van der Waals surface area contributed by atoms with E-state index in [4.69, 9.17) is 5.73 Å². The van der Waals surface area contributed by atoms with Crippen molar-refractivity contribution >= 4 is 23.5 Å². The maximum Gasteiger partial charge on any atom is 0.255 e. The third-order valence-corrected chi connectivity index (χ3v) is 4.04. The van der Waals surface area contributed by atoms with Crippen LogP contribution in [0.25, 0.3) is 0 Å². The molecule has 92 valence electrons. The molecular formula is C12H17N3OS. The molecule has 2 heterocycles. The minimum absolute atomic E-state index is 0.0471. The fraction of sp³-hybridized carbons (Fsp3) is 0.500. The lowest BCUT2D eigenvalue weighted by Gasteiger charge is -2.37. The molecule has 1 aliphatic heterocycles. The summed E-state index contributed by atoms with van der Waals surface area (Å²) >= 11 is 1.91. The zero-order chi connectivity index (χ0) is 12.5. The highest BCUT2D eigenvalue weighted by Crippen LogP contribution is 2.30. The molecule has 0 saturated carbocycles. The lowest BCUT2D eigenvalue weighted by molar-refractivity contribution is 0.0747. The van der Waals surface area contributed by atoms with Crippen molar-refractivity contribution in [1.29, 1.82) is 0 Å². The molecule has 0 spiro atoms. The van der Waals surface area contributed by atoms with Crippen LogP contribution in [0.15, 0.2) is 18.3 Å². The van der Waals surface area contributed by atoms with Gasteiger partial charge in [0.25, 0.3) is 5.91 Å². The lowest BCUT2D eigenvalue weighted by atomic mass is 10.1. The normalized spacial score (nSPS) is 19.1. The minimum atomic E-state index is 0.0471. The molecule has 1 aliphatic rings. The number of pyridine rings is 1. The number of amides is 1. The first kappa shape index (κ1) is 12.2. The van der Waals surface area contributed by atoms with Crippen molar-refractivity contribution in [2.75, 3.05) is 24.6 Å². The van der Waals surface area contributed by atoms with E-state index in [1.54, 1.807) is 18.3 Å². The Kier molecular flexibility index (Phi) is 3.28. The van der Waals surface area contributed by atoms with Gasteiger partial charge in [0.1, 0.15) is 5.82 Å². The minimum Gasteiger partial charge on any atom is -0.384 e. The van der Waals surface area contributed by atoms with Gasteiger partial charge < -0.3 is 10.6 Å². The second-order valence-corrected chi connectivity index (χ2v) is 6.61. The molecule has 0 aliphatic carbocycles. The van der Waals surface area contributed by atoms with Gasteiger partial charge in [-0.05, 0) is 26.0 Å². The van der Waals surface area contributed by atoms with Gasteiger partial charge >= 0.3 is 0 Å². The lowest BCUT2D eigenvalue weighted by Crippen LogP contribution is -2.46. The number of hydrogen-bond acceptors (Lipinski definition) is 4. The topological polar surface area (TPSA) is 59.2 Å². The number of thioether (sulfide) groups is 1. The van der Waals surface area contributed by atoms with Gasteiger partial charge in [0.15, 0.2) is 0 Å². The maximum absolute atomic E-state index is 12.2. The summed E-state index contributed by atoms with van der Waals surface area (Å²) in [6.45, 7) is 5.91. The number of carbonyl (C=O) groups excluding carboxylic acids is 1. The number of aromatic nitrogens is 1. The summed E-state index contributed by atoms with van der Waals surface area (Å²) in [6, 6.07) is 3.40. The zero-order valence-electron chi connectivity index (χ0n) is 10.1. The number of anilines is 1. The summed E-state index contributed by atoms with van der Waals surface area (Å²) in [5, 5.41) is 0. The van der Waals surface area contributed by atoms with Gasteiger partial charge in [0.05, 0.1) is 5.56 Å². The van der Waals surface area contributed by atoms with E-state index in [1.165, 1.54) is 0 Å². The Morgan fingerprint density at radius 3 is 2.88 bits per heavy atom. The number of nitrogens with zero attached hydrogens (tertiary/aromatic N) is 2. The molecule has 1 saturated heterocycles. The van der Waals surface area contributed by atoms with Crippen LogP contribution in [-0.2, 0) is 0 Å². The van der Waals surface area contributed by atoms with Crippen LogP contribution in [0.5, 0.6) is 0 Å². The van der Waals surface area contributed by atoms with Crippen LogP contribution in [-0.4, -0.2) is 39.4 Å². The van der Waals surface area contributed by atoms with Crippen molar-refractivity contribution in [3.8, 4) is 0 Å². The van der Waals surface area contributed by atoms with E-state index < -0.39 is 0 Å². The Balaban J connectivity index is 2.12. The number of hydrogen-bond donors (Lipinski definition) is 1. The quantitative estimate of drug-likeness (QED) is 0.824. The van der Waals surface area contributed by atoms with Gasteiger partial charge in [-0.15, -0.1) is 0 Å². The number of rotatable bonds is 1. The van der Waals surface area contributed by atoms with Crippen LogP contribution in [0.3, 0.4) is 0 Å². The van der Waals surface area contributed by atoms with Gasteiger partial charge in [0, 0.05) is 29.8 Å². The Labute approximate surface area is 106 Å².